The summed E-state index contributed by atoms with van der Waals surface area (Å²) >= 11 is 0. The molecule has 18 nitrogen and oxygen atoms in total. The summed E-state index contributed by atoms with van der Waals surface area (Å²) in [6, 6.07) is 3.37. The number of carbonyl (C=O) groups is 9. The first-order chi connectivity index (χ1) is 32.9. The number of nitrogens with two attached hydrogens (primary N) is 1. The average Bonchev–Trinajstić information content (AvgIpc) is 3.28. The third-order valence-electron chi connectivity index (χ3n) is 12.0. The average molecular weight is 974 g/mol. The number of rotatable bonds is 45. The molecule has 0 aliphatic carbocycles. The van der Waals surface area contributed by atoms with E-state index in [2.05, 4.69) is 21.3 Å². The van der Waals surface area contributed by atoms with Crippen molar-refractivity contribution in [2.45, 2.75) is 199 Å². The van der Waals surface area contributed by atoms with Crippen LogP contribution < -0.4 is 27.0 Å². The van der Waals surface area contributed by atoms with Crippen LogP contribution in [0.4, 0.5) is 0 Å². The van der Waals surface area contributed by atoms with Crippen molar-refractivity contribution >= 4 is 53.0 Å². The van der Waals surface area contributed by atoms with E-state index in [9.17, 15) is 58.5 Å². The molecule has 0 saturated carbocycles. The first-order valence-corrected chi connectivity index (χ1v) is 25.2. The monoisotopic (exact) mass is 974 g/mol. The van der Waals surface area contributed by atoms with E-state index in [1.54, 1.807) is 12.1 Å². The summed E-state index contributed by atoms with van der Waals surface area (Å²) < 4.78 is 0. The number of unbranched alkanes of at least 4 members (excludes halogenated alkanes) is 14. The second-order valence-electron chi connectivity index (χ2n) is 18.7. The van der Waals surface area contributed by atoms with Crippen LogP contribution in [0.5, 0.6) is 5.75 Å². The van der Waals surface area contributed by atoms with Gasteiger partial charge in [0.2, 0.25) is 17.7 Å². The van der Waals surface area contributed by atoms with Gasteiger partial charge in [-0.05, 0) is 75.0 Å². The molecule has 0 radical (unpaired) electrons. The highest BCUT2D eigenvalue weighted by atomic mass is 16.4. The van der Waals surface area contributed by atoms with Crippen molar-refractivity contribution in [3.63, 3.8) is 0 Å². The number of benzene rings is 1. The molecule has 18 heteroatoms. The maximum atomic E-state index is 13.3. The van der Waals surface area contributed by atoms with Gasteiger partial charge in [0.1, 0.15) is 23.4 Å². The number of amides is 3. The maximum Gasteiger partial charge on any atom is 0.326 e. The number of aliphatic carboxylic acids is 3. The topological polar surface area (TPSA) is 309 Å². The maximum absolute atomic E-state index is 13.3. The second kappa shape index (κ2) is 37.6. The highest BCUT2D eigenvalue weighted by Crippen LogP contribution is 2.17. The molecule has 1 aromatic carbocycles. The molecule has 0 saturated heterocycles. The summed E-state index contributed by atoms with van der Waals surface area (Å²) in [5.74, 6) is -6.58. The van der Waals surface area contributed by atoms with E-state index in [1.807, 2.05) is 13.8 Å². The van der Waals surface area contributed by atoms with Gasteiger partial charge in [0.25, 0.3) is 0 Å². The number of aromatic hydroxyl groups is 1. The van der Waals surface area contributed by atoms with Crippen molar-refractivity contribution in [1.29, 1.82) is 0 Å². The Morgan fingerprint density at radius 3 is 1.61 bits per heavy atom. The van der Waals surface area contributed by atoms with Gasteiger partial charge in [0, 0.05) is 45.1 Å². The zero-order valence-electron chi connectivity index (χ0n) is 41.2. The van der Waals surface area contributed by atoms with Crippen LogP contribution >= 0.6 is 0 Å². The van der Waals surface area contributed by atoms with Gasteiger partial charge in [-0.3, -0.25) is 43.7 Å². The zero-order chi connectivity index (χ0) is 51.4. The van der Waals surface area contributed by atoms with Crippen LogP contribution in [0.15, 0.2) is 24.3 Å². The Balaban J connectivity index is 2.41. The number of nitrogens with one attached hydrogen (secondary N) is 4. The predicted octanol–water partition coefficient (Wildman–Crippen LogP) is 5.92. The molecular weight excluding hydrogens is 891 g/mol. The van der Waals surface area contributed by atoms with Crippen LogP contribution in [-0.4, -0.2) is 111 Å². The summed E-state index contributed by atoms with van der Waals surface area (Å²) in [5, 5.41) is 48.8. The summed E-state index contributed by atoms with van der Waals surface area (Å²) in [5.41, 5.74) is 6.31. The quantitative estimate of drug-likeness (QED) is 0.0343. The molecule has 0 bridgehead atoms. The number of carboxylic acids is 3. The molecule has 0 aliphatic rings. The molecule has 1 rings (SSSR count). The molecule has 0 aromatic heterocycles. The van der Waals surface area contributed by atoms with Crippen molar-refractivity contribution < 1.29 is 63.6 Å². The van der Waals surface area contributed by atoms with Crippen LogP contribution in [-0.2, 0) is 49.6 Å². The Hall–Kier alpha value is -5.23. The van der Waals surface area contributed by atoms with Gasteiger partial charge in [-0.25, -0.2) is 4.79 Å². The van der Waals surface area contributed by atoms with E-state index in [1.165, 1.54) is 37.8 Å². The van der Waals surface area contributed by atoms with E-state index >= 15 is 0 Å². The fraction of sp³-hybridized carbons (Fsp3) is 0.706. The largest absolute Gasteiger partial charge is 0.508 e. The number of primary amides is 1. The minimum absolute atomic E-state index is 0.0193. The van der Waals surface area contributed by atoms with Crippen LogP contribution in [0.2, 0.25) is 0 Å². The third kappa shape index (κ3) is 33.0. The normalized spacial score (nSPS) is 13.0. The summed E-state index contributed by atoms with van der Waals surface area (Å²) in [4.78, 5) is 110. The first-order valence-electron chi connectivity index (χ1n) is 25.2. The highest BCUT2D eigenvalue weighted by molar-refractivity contribution is 5.89. The minimum Gasteiger partial charge on any atom is -0.508 e. The van der Waals surface area contributed by atoms with Gasteiger partial charge < -0.3 is 42.1 Å². The molecule has 0 spiro atoms. The molecular formula is C51H83N5O13. The number of hydrogen-bond acceptors (Lipinski definition) is 12. The summed E-state index contributed by atoms with van der Waals surface area (Å²) in [6.45, 7) is 3.84. The van der Waals surface area contributed by atoms with Gasteiger partial charge in [0.05, 0.1) is 31.1 Å². The number of carbonyl (C=O) groups excluding carboxylic acids is 6. The fourth-order valence-electron chi connectivity index (χ4n) is 7.93. The first kappa shape index (κ1) is 61.8. The van der Waals surface area contributed by atoms with Gasteiger partial charge in [-0.1, -0.05) is 103 Å². The number of phenols is 1. The van der Waals surface area contributed by atoms with Crippen molar-refractivity contribution in [2.24, 2.45) is 17.6 Å². The van der Waals surface area contributed by atoms with Gasteiger partial charge in [0.15, 0.2) is 5.78 Å². The van der Waals surface area contributed by atoms with E-state index in [4.69, 9.17) is 10.8 Å². The smallest absolute Gasteiger partial charge is 0.326 e. The Kier molecular flexibility index (Phi) is 33.7. The predicted molar refractivity (Wildman–Crippen MR) is 261 cm³/mol. The Bertz CT molecular complexity index is 1720. The lowest BCUT2D eigenvalue weighted by Gasteiger charge is -2.20. The molecule has 0 aliphatic heterocycles. The van der Waals surface area contributed by atoms with Crippen molar-refractivity contribution in [2.75, 3.05) is 19.6 Å². The van der Waals surface area contributed by atoms with E-state index in [0.29, 0.717) is 32.1 Å². The highest BCUT2D eigenvalue weighted by Gasteiger charge is 2.26. The molecule has 3 amide bonds. The summed E-state index contributed by atoms with van der Waals surface area (Å²) in [7, 11) is 0. The number of ketones is 3. The number of phenolic OH excluding ortho intramolecular Hbond substituents is 1. The zero-order valence-corrected chi connectivity index (χ0v) is 41.2. The lowest BCUT2D eigenvalue weighted by atomic mass is 9.94. The van der Waals surface area contributed by atoms with Gasteiger partial charge in [-0.15, -0.1) is 0 Å². The van der Waals surface area contributed by atoms with E-state index in [0.717, 1.165) is 63.4 Å². The van der Waals surface area contributed by atoms with Crippen molar-refractivity contribution in [3.8, 4) is 5.75 Å². The molecule has 4 atom stereocenters. The number of carboxylic acid groups (broad SMARTS) is 3. The van der Waals surface area contributed by atoms with Gasteiger partial charge in [-0.2, -0.15) is 0 Å². The van der Waals surface area contributed by atoms with Crippen LogP contribution in [0.1, 0.15) is 180 Å². The van der Waals surface area contributed by atoms with E-state index < -0.39 is 71.9 Å². The Morgan fingerprint density at radius 2 is 1.09 bits per heavy atom. The number of hydrogen-bond donors (Lipinski definition) is 9. The molecule has 10 N–H and O–H groups in total. The van der Waals surface area contributed by atoms with Crippen molar-refractivity contribution in [1.82, 2.24) is 21.3 Å². The fourth-order valence-corrected chi connectivity index (χ4v) is 7.93. The standard InChI is InChI=1S/C51H83N5O13/c1-36(2)31-41(59)34-54-42(45(60)35-55-44(49(52)65)32-37-22-25-39(57)26-23-37)19-17-18-30-53-46(61)29-24-38(50(66)67)33-40(58)27-28-43(51(68)69)56-47(62)20-15-13-11-9-7-5-3-4-6-8-10-12-14-16-21-48(63)64/h22-23,25-26,36,38,42-44,54-55,57H,3-21,24,27-35H2,1-2H3,(H2,52,65)(H,53,61)(H,56,62)(H,63,64)(H,66,67)(H,68,69)/t38-,42+,43+,44+/m1/s1. The number of Topliss-reactive ketones (excluding diaryl/α,β-unsaturated/α-hetero) is 3. The molecule has 390 valence electrons. The molecule has 0 heterocycles. The molecule has 1 aromatic rings. The molecule has 0 fully saturated rings. The second-order valence-corrected chi connectivity index (χ2v) is 18.7. The van der Waals surface area contributed by atoms with Gasteiger partial charge >= 0.3 is 17.9 Å². The van der Waals surface area contributed by atoms with Crippen LogP contribution in [0.3, 0.4) is 0 Å². The van der Waals surface area contributed by atoms with Crippen molar-refractivity contribution in [3.05, 3.63) is 29.8 Å². The lowest BCUT2D eigenvalue weighted by Crippen LogP contribution is -2.49. The molecule has 69 heavy (non-hydrogen) atoms. The molecule has 0 unspecified atom stereocenters. The van der Waals surface area contributed by atoms with E-state index in [-0.39, 0.29) is 87.8 Å². The summed E-state index contributed by atoms with van der Waals surface area (Å²) in [6.07, 6.45) is 15.6. The minimum atomic E-state index is -1.29. The Labute approximate surface area is 408 Å². The van der Waals surface area contributed by atoms with Crippen LogP contribution in [0, 0.1) is 11.8 Å². The lowest BCUT2D eigenvalue weighted by molar-refractivity contribution is -0.145. The SMILES string of the molecule is CC(C)CC(=O)CN[C@@H](CCCCNC(=O)CC[C@H](CC(=O)CC[C@H](NC(=O)CCCCCCCCCCCCCCCCC(=O)O)C(=O)O)C(=O)O)C(=O)CN[C@@H](Cc1ccc(O)cc1)C(N)=O. The Morgan fingerprint density at radius 1 is 0.536 bits per heavy atom. The van der Waals surface area contributed by atoms with Crippen LogP contribution in [0.25, 0.3) is 0 Å². The third-order valence-corrected chi connectivity index (χ3v) is 12.0.